The van der Waals surface area contributed by atoms with Gasteiger partial charge in [-0.1, -0.05) is 30.7 Å². The molecule has 5 nitrogen and oxygen atoms in total. The summed E-state index contributed by atoms with van der Waals surface area (Å²) in [5.74, 6) is 1.65. The number of benzene rings is 2. The Kier molecular flexibility index (Phi) is 6.71. The molecule has 1 saturated heterocycles. The summed E-state index contributed by atoms with van der Waals surface area (Å²) in [6.45, 7) is 2.45. The van der Waals surface area contributed by atoms with E-state index >= 15 is 0 Å². The monoisotopic (exact) mass is 368 g/mol. The molecule has 144 valence electrons. The van der Waals surface area contributed by atoms with Gasteiger partial charge >= 0.3 is 0 Å². The second-order valence-corrected chi connectivity index (χ2v) is 6.88. The Hall–Kier alpha value is -2.53. The maximum Gasteiger partial charge on any atom is 0.234 e. The second kappa shape index (κ2) is 9.42. The fourth-order valence-electron chi connectivity index (χ4n) is 3.48. The zero-order valence-electron chi connectivity index (χ0n) is 16.1. The number of nitrogens with one attached hydrogen (secondary N) is 1. The third kappa shape index (κ3) is 5.23. The van der Waals surface area contributed by atoms with Gasteiger partial charge in [-0.15, -0.1) is 0 Å². The Morgan fingerprint density at radius 3 is 1.81 bits per heavy atom. The number of methoxy groups -OCH3 is 2. The van der Waals surface area contributed by atoms with Gasteiger partial charge in [-0.3, -0.25) is 9.69 Å². The number of amides is 1. The molecule has 0 unspecified atom stereocenters. The molecule has 0 bridgehead atoms. The van der Waals surface area contributed by atoms with Gasteiger partial charge < -0.3 is 14.8 Å². The van der Waals surface area contributed by atoms with Gasteiger partial charge in [0.1, 0.15) is 11.5 Å². The van der Waals surface area contributed by atoms with Crippen molar-refractivity contribution in [3.63, 3.8) is 0 Å². The number of rotatable bonds is 7. The maximum atomic E-state index is 12.7. The number of piperidine rings is 1. The Morgan fingerprint density at radius 1 is 0.889 bits per heavy atom. The zero-order chi connectivity index (χ0) is 19.1. The lowest BCUT2D eigenvalue weighted by atomic mass is 9.98. The summed E-state index contributed by atoms with van der Waals surface area (Å²) in [6.07, 6.45) is 3.61. The van der Waals surface area contributed by atoms with E-state index in [1.54, 1.807) is 14.2 Å². The summed E-state index contributed by atoms with van der Waals surface area (Å²) < 4.78 is 10.5. The van der Waals surface area contributed by atoms with Gasteiger partial charge in [0.15, 0.2) is 0 Å². The van der Waals surface area contributed by atoms with Crippen molar-refractivity contribution in [2.24, 2.45) is 0 Å². The molecule has 1 aliphatic heterocycles. The molecule has 2 aromatic carbocycles. The smallest absolute Gasteiger partial charge is 0.234 e. The van der Waals surface area contributed by atoms with Gasteiger partial charge in [0.2, 0.25) is 5.91 Å². The van der Waals surface area contributed by atoms with Crippen LogP contribution in [0.15, 0.2) is 48.5 Å². The largest absolute Gasteiger partial charge is 0.497 e. The van der Waals surface area contributed by atoms with Crippen molar-refractivity contribution in [2.75, 3.05) is 33.9 Å². The SMILES string of the molecule is COc1ccc(C(NC(=O)CN2CCCCC2)c2ccc(OC)cc2)cc1. The highest BCUT2D eigenvalue weighted by molar-refractivity contribution is 5.79. The van der Waals surface area contributed by atoms with E-state index in [-0.39, 0.29) is 11.9 Å². The first-order valence-corrected chi connectivity index (χ1v) is 9.49. The minimum atomic E-state index is -0.209. The van der Waals surface area contributed by atoms with Crippen molar-refractivity contribution in [3.05, 3.63) is 59.7 Å². The van der Waals surface area contributed by atoms with E-state index in [4.69, 9.17) is 9.47 Å². The lowest BCUT2D eigenvalue weighted by molar-refractivity contribution is -0.123. The van der Waals surface area contributed by atoms with E-state index in [2.05, 4.69) is 10.2 Å². The molecule has 27 heavy (non-hydrogen) atoms. The van der Waals surface area contributed by atoms with Crippen LogP contribution in [0.5, 0.6) is 11.5 Å². The normalized spacial score (nSPS) is 14.8. The Labute approximate surface area is 161 Å². The molecular formula is C22H28N2O3. The van der Waals surface area contributed by atoms with Gasteiger partial charge in [-0.05, 0) is 61.3 Å². The van der Waals surface area contributed by atoms with Crippen molar-refractivity contribution >= 4 is 5.91 Å². The van der Waals surface area contributed by atoms with Crippen molar-refractivity contribution in [1.82, 2.24) is 10.2 Å². The first-order valence-electron chi connectivity index (χ1n) is 9.49. The predicted molar refractivity (Wildman–Crippen MR) is 106 cm³/mol. The van der Waals surface area contributed by atoms with Crippen LogP contribution in [0.1, 0.15) is 36.4 Å². The Balaban J connectivity index is 1.78. The van der Waals surface area contributed by atoms with E-state index in [0.29, 0.717) is 6.54 Å². The van der Waals surface area contributed by atoms with Crippen LogP contribution in [-0.4, -0.2) is 44.7 Å². The fourth-order valence-corrected chi connectivity index (χ4v) is 3.48. The van der Waals surface area contributed by atoms with Gasteiger partial charge in [0, 0.05) is 0 Å². The summed E-state index contributed by atoms with van der Waals surface area (Å²) in [5.41, 5.74) is 2.04. The molecule has 0 aliphatic carbocycles. The molecule has 3 rings (SSSR count). The maximum absolute atomic E-state index is 12.7. The highest BCUT2D eigenvalue weighted by atomic mass is 16.5. The summed E-state index contributed by atoms with van der Waals surface area (Å²) in [7, 11) is 3.30. The minimum Gasteiger partial charge on any atom is -0.497 e. The predicted octanol–water partition coefficient (Wildman–Crippen LogP) is 3.40. The summed E-state index contributed by atoms with van der Waals surface area (Å²) in [6, 6.07) is 15.4. The van der Waals surface area contributed by atoms with Gasteiger partial charge in [-0.2, -0.15) is 0 Å². The quantitative estimate of drug-likeness (QED) is 0.814. The number of likely N-dealkylation sites (tertiary alicyclic amines) is 1. The first-order chi connectivity index (χ1) is 13.2. The molecule has 1 fully saturated rings. The van der Waals surface area contributed by atoms with Gasteiger partial charge in [-0.25, -0.2) is 0 Å². The lowest BCUT2D eigenvalue weighted by Crippen LogP contribution is -2.41. The van der Waals surface area contributed by atoms with E-state index < -0.39 is 0 Å². The minimum absolute atomic E-state index is 0.0496. The summed E-state index contributed by atoms with van der Waals surface area (Å²) >= 11 is 0. The van der Waals surface area contributed by atoms with Gasteiger partial charge in [0.25, 0.3) is 0 Å². The highest BCUT2D eigenvalue weighted by Gasteiger charge is 2.20. The van der Waals surface area contributed by atoms with Crippen molar-refractivity contribution < 1.29 is 14.3 Å². The number of ether oxygens (including phenoxy) is 2. The van der Waals surface area contributed by atoms with Crippen LogP contribution in [-0.2, 0) is 4.79 Å². The van der Waals surface area contributed by atoms with E-state index in [0.717, 1.165) is 35.7 Å². The lowest BCUT2D eigenvalue weighted by Gasteiger charge is -2.27. The molecule has 5 heteroatoms. The molecule has 2 aromatic rings. The van der Waals surface area contributed by atoms with E-state index in [1.807, 2.05) is 48.5 Å². The molecule has 1 amide bonds. The molecule has 0 radical (unpaired) electrons. The third-order valence-corrected chi connectivity index (χ3v) is 5.02. The summed E-state index contributed by atoms with van der Waals surface area (Å²) in [5, 5.41) is 3.21. The first kappa shape index (κ1) is 19.2. The van der Waals surface area contributed by atoms with Crippen LogP contribution in [0, 0.1) is 0 Å². The van der Waals surface area contributed by atoms with E-state index in [1.165, 1.54) is 19.3 Å². The third-order valence-electron chi connectivity index (χ3n) is 5.02. The van der Waals surface area contributed by atoms with E-state index in [9.17, 15) is 4.79 Å². The van der Waals surface area contributed by atoms with Crippen LogP contribution >= 0.6 is 0 Å². The van der Waals surface area contributed by atoms with Crippen LogP contribution in [0.25, 0.3) is 0 Å². The average molecular weight is 368 g/mol. The number of carbonyl (C=O) groups excluding carboxylic acids is 1. The van der Waals surface area contributed by atoms with Crippen molar-refractivity contribution in [2.45, 2.75) is 25.3 Å². The number of nitrogens with zero attached hydrogens (tertiary/aromatic N) is 1. The molecular weight excluding hydrogens is 340 g/mol. The molecule has 0 saturated carbocycles. The highest BCUT2D eigenvalue weighted by Crippen LogP contribution is 2.26. The standard InChI is InChI=1S/C22H28N2O3/c1-26-19-10-6-17(7-11-19)22(18-8-12-20(27-2)13-9-18)23-21(25)16-24-14-4-3-5-15-24/h6-13,22H,3-5,14-16H2,1-2H3,(H,23,25). The molecule has 1 heterocycles. The number of hydrogen-bond acceptors (Lipinski definition) is 4. The zero-order valence-corrected chi connectivity index (χ0v) is 16.1. The number of carbonyl (C=O) groups is 1. The van der Waals surface area contributed by atoms with Crippen LogP contribution < -0.4 is 14.8 Å². The topological polar surface area (TPSA) is 50.8 Å². The molecule has 0 aromatic heterocycles. The van der Waals surface area contributed by atoms with Crippen molar-refractivity contribution in [3.8, 4) is 11.5 Å². The van der Waals surface area contributed by atoms with Gasteiger partial charge in [0.05, 0.1) is 26.8 Å². The van der Waals surface area contributed by atoms with Crippen LogP contribution in [0.4, 0.5) is 0 Å². The van der Waals surface area contributed by atoms with Crippen LogP contribution in [0.2, 0.25) is 0 Å². The summed E-state index contributed by atoms with van der Waals surface area (Å²) in [4.78, 5) is 14.9. The van der Waals surface area contributed by atoms with Crippen molar-refractivity contribution in [1.29, 1.82) is 0 Å². The second-order valence-electron chi connectivity index (χ2n) is 6.88. The molecule has 1 N–H and O–H groups in total. The Bertz CT molecular complexity index is 675. The molecule has 0 atom stereocenters. The average Bonchev–Trinajstić information content (AvgIpc) is 2.73. The fraction of sp³-hybridized carbons (Fsp3) is 0.409. The van der Waals surface area contributed by atoms with Crippen LogP contribution in [0.3, 0.4) is 0 Å². The number of hydrogen-bond donors (Lipinski definition) is 1. The molecule has 0 spiro atoms. The Morgan fingerprint density at radius 2 is 1.37 bits per heavy atom. The molecule has 1 aliphatic rings.